The first-order valence-corrected chi connectivity index (χ1v) is 10.1. The van der Waals surface area contributed by atoms with Gasteiger partial charge in [0.15, 0.2) is 0 Å². The van der Waals surface area contributed by atoms with E-state index in [0.717, 1.165) is 0 Å². The highest BCUT2D eigenvalue weighted by molar-refractivity contribution is 6.36. The van der Waals surface area contributed by atoms with Crippen LogP contribution in [0.5, 0.6) is 5.75 Å². The van der Waals surface area contributed by atoms with Gasteiger partial charge in [0.05, 0.1) is 16.0 Å². The number of nitriles is 1. The summed E-state index contributed by atoms with van der Waals surface area (Å²) in [6.07, 6.45) is 2.73. The van der Waals surface area contributed by atoms with Gasteiger partial charge in [-0.1, -0.05) is 59.6 Å². The van der Waals surface area contributed by atoms with Gasteiger partial charge < -0.3 is 9.15 Å². The molecule has 3 aromatic carbocycles. The first kappa shape index (κ1) is 21.4. The maximum absolute atomic E-state index is 12.9. The molecular weight excluding hydrogens is 449 g/mol. The van der Waals surface area contributed by atoms with Crippen LogP contribution in [0.1, 0.15) is 5.56 Å². The van der Waals surface area contributed by atoms with Gasteiger partial charge in [0.2, 0.25) is 5.43 Å². The first-order valence-electron chi connectivity index (χ1n) is 9.36. The average Bonchev–Trinajstić information content (AvgIpc) is 2.79. The molecule has 0 spiro atoms. The van der Waals surface area contributed by atoms with Crippen LogP contribution >= 0.6 is 23.2 Å². The summed E-state index contributed by atoms with van der Waals surface area (Å²) >= 11 is 12.1. The summed E-state index contributed by atoms with van der Waals surface area (Å²) < 4.78 is 10.9. The lowest BCUT2D eigenvalue weighted by atomic mass is 10.1. The summed E-state index contributed by atoms with van der Waals surface area (Å²) in [5.41, 5.74) is 1.23. The molecule has 0 saturated heterocycles. The van der Waals surface area contributed by atoms with Crippen LogP contribution < -0.4 is 10.2 Å². The number of carbonyl (C=O) groups excluding carboxylic acids is 1. The van der Waals surface area contributed by atoms with Crippen LogP contribution in [0.25, 0.3) is 28.2 Å². The highest BCUT2D eigenvalue weighted by Crippen LogP contribution is 2.30. The van der Waals surface area contributed by atoms with Crippen LogP contribution in [-0.4, -0.2) is 5.97 Å². The topological polar surface area (TPSA) is 80.3 Å². The molecule has 0 aliphatic heterocycles. The lowest BCUT2D eigenvalue weighted by Gasteiger charge is -2.07. The van der Waals surface area contributed by atoms with Gasteiger partial charge in [-0.3, -0.25) is 4.79 Å². The number of hydrogen-bond donors (Lipinski definition) is 0. The Labute approximate surface area is 192 Å². The van der Waals surface area contributed by atoms with Gasteiger partial charge in [0.25, 0.3) is 0 Å². The van der Waals surface area contributed by atoms with E-state index in [1.807, 2.05) is 12.1 Å². The van der Waals surface area contributed by atoms with E-state index in [9.17, 15) is 14.9 Å². The van der Waals surface area contributed by atoms with E-state index in [4.69, 9.17) is 32.4 Å². The van der Waals surface area contributed by atoms with Crippen molar-refractivity contribution in [2.24, 2.45) is 0 Å². The lowest BCUT2D eigenvalue weighted by molar-refractivity contribution is -0.129. The third-order valence-corrected chi connectivity index (χ3v) is 5.18. The predicted octanol–water partition coefficient (Wildman–Crippen LogP) is 6.28. The number of nitrogens with zero attached hydrogens (tertiary/aromatic N) is 1. The maximum Gasteiger partial charge on any atom is 0.354 e. The quantitative estimate of drug-likeness (QED) is 0.154. The van der Waals surface area contributed by atoms with Crippen LogP contribution in [0.2, 0.25) is 10.0 Å². The number of rotatable bonds is 4. The molecule has 4 aromatic rings. The van der Waals surface area contributed by atoms with Crippen molar-refractivity contribution in [2.75, 3.05) is 0 Å². The number of halogens is 2. The molecule has 0 amide bonds. The van der Waals surface area contributed by atoms with Gasteiger partial charge in [0, 0.05) is 16.7 Å². The van der Waals surface area contributed by atoms with Crippen LogP contribution in [0.15, 0.2) is 87.8 Å². The number of hydrogen-bond acceptors (Lipinski definition) is 5. The zero-order chi connectivity index (χ0) is 22.7. The Balaban J connectivity index is 1.64. The smallest absolute Gasteiger partial charge is 0.354 e. The number of benzene rings is 3. The molecule has 0 aliphatic rings. The SMILES string of the molecule is N#C/C(=C\c1ccccc1)C(=O)Oc1ccc2c(=O)c(-c3ccc(Cl)cc3Cl)coc2c1. The summed E-state index contributed by atoms with van der Waals surface area (Å²) in [5.74, 6) is -0.681. The van der Waals surface area contributed by atoms with Crippen LogP contribution in [0.3, 0.4) is 0 Å². The Morgan fingerprint density at radius 2 is 1.78 bits per heavy atom. The molecule has 32 heavy (non-hydrogen) atoms. The van der Waals surface area contributed by atoms with Crippen LogP contribution in [0.4, 0.5) is 0 Å². The van der Waals surface area contributed by atoms with Crippen molar-refractivity contribution in [3.05, 3.63) is 104 Å². The molecule has 0 radical (unpaired) electrons. The fraction of sp³-hybridized carbons (Fsp3) is 0. The maximum atomic E-state index is 12.9. The van der Waals surface area contributed by atoms with Gasteiger partial charge >= 0.3 is 5.97 Å². The Bertz CT molecular complexity index is 1470. The van der Waals surface area contributed by atoms with E-state index in [1.54, 1.807) is 42.5 Å². The second kappa shape index (κ2) is 9.11. The molecule has 0 bridgehead atoms. The molecule has 0 N–H and O–H groups in total. The molecule has 0 aliphatic carbocycles. The Morgan fingerprint density at radius 3 is 2.50 bits per heavy atom. The summed E-state index contributed by atoms with van der Waals surface area (Å²) in [6, 6.07) is 20.0. The zero-order valence-corrected chi connectivity index (χ0v) is 17.9. The Morgan fingerprint density at radius 1 is 1.00 bits per heavy atom. The third kappa shape index (κ3) is 4.42. The second-order valence-corrected chi connectivity index (χ2v) is 7.57. The molecule has 1 aromatic heterocycles. The normalized spacial score (nSPS) is 11.2. The minimum atomic E-state index is -0.817. The van der Waals surface area contributed by atoms with Crippen molar-refractivity contribution in [1.82, 2.24) is 0 Å². The van der Waals surface area contributed by atoms with E-state index >= 15 is 0 Å². The number of fused-ring (bicyclic) bond motifs is 1. The van der Waals surface area contributed by atoms with Crippen molar-refractivity contribution >= 4 is 46.2 Å². The molecule has 5 nitrogen and oxygen atoms in total. The van der Waals surface area contributed by atoms with Gasteiger partial charge in [0.1, 0.15) is 29.2 Å². The minimum Gasteiger partial charge on any atom is -0.463 e. The van der Waals surface area contributed by atoms with E-state index in [1.165, 1.54) is 30.5 Å². The number of ether oxygens (including phenoxy) is 1. The minimum absolute atomic E-state index is 0.136. The van der Waals surface area contributed by atoms with Crippen molar-refractivity contribution in [3.8, 4) is 22.9 Å². The molecule has 0 saturated carbocycles. The van der Waals surface area contributed by atoms with Gasteiger partial charge in [-0.05, 0) is 35.9 Å². The van der Waals surface area contributed by atoms with Crippen molar-refractivity contribution < 1.29 is 13.9 Å². The second-order valence-electron chi connectivity index (χ2n) is 6.73. The van der Waals surface area contributed by atoms with E-state index in [0.29, 0.717) is 21.2 Å². The van der Waals surface area contributed by atoms with Gasteiger partial charge in [-0.25, -0.2) is 4.79 Å². The number of carbonyl (C=O) groups is 1. The summed E-state index contributed by atoms with van der Waals surface area (Å²) in [7, 11) is 0. The highest BCUT2D eigenvalue weighted by Gasteiger charge is 2.16. The van der Waals surface area contributed by atoms with E-state index in [-0.39, 0.29) is 33.3 Å². The summed E-state index contributed by atoms with van der Waals surface area (Å²) in [5, 5.41) is 10.4. The Kier molecular flexibility index (Phi) is 6.09. The molecule has 0 atom stereocenters. The average molecular weight is 462 g/mol. The highest BCUT2D eigenvalue weighted by atomic mass is 35.5. The molecule has 156 valence electrons. The molecule has 0 fully saturated rings. The van der Waals surface area contributed by atoms with Crippen LogP contribution in [0, 0.1) is 11.3 Å². The number of esters is 1. The largest absolute Gasteiger partial charge is 0.463 e. The lowest BCUT2D eigenvalue weighted by Crippen LogP contribution is -2.10. The monoisotopic (exact) mass is 461 g/mol. The van der Waals surface area contributed by atoms with E-state index in [2.05, 4.69) is 0 Å². The summed E-state index contributed by atoms with van der Waals surface area (Å²) in [4.78, 5) is 25.4. The van der Waals surface area contributed by atoms with Crippen molar-refractivity contribution in [1.29, 1.82) is 5.26 Å². The molecule has 0 unspecified atom stereocenters. The van der Waals surface area contributed by atoms with Crippen LogP contribution in [-0.2, 0) is 4.79 Å². The fourth-order valence-corrected chi connectivity index (χ4v) is 3.59. The molecular formula is C25H13Cl2NO4. The summed E-state index contributed by atoms with van der Waals surface area (Å²) in [6.45, 7) is 0. The van der Waals surface area contributed by atoms with Crippen molar-refractivity contribution in [2.45, 2.75) is 0 Å². The Hall–Kier alpha value is -3.85. The van der Waals surface area contributed by atoms with Gasteiger partial charge in [-0.2, -0.15) is 5.26 Å². The predicted molar refractivity (Wildman–Crippen MR) is 124 cm³/mol. The first-order chi connectivity index (χ1) is 15.5. The third-order valence-electron chi connectivity index (χ3n) is 4.63. The molecule has 7 heteroatoms. The van der Waals surface area contributed by atoms with Gasteiger partial charge in [-0.15, -0.1) is 0 Å². The van der Waals surface area contributed by atoms with E-state index < -0.39 is 5.97 Å². The van der Waals surface area contributed by atoms with Crippen molar-refractivity contribution in [3.63, 3.8) is 0 Å². The molecule has 4 rings (SSSR count). The molecule has 1 heterocycles. The fourth-order valence-electron chi connectivity index (χ4n) is 3.08. The standard InChI is InChI=1S/C25H13Cl2NO4/c26-17-6-8-19(22(27)11-17)21-14-31-23-12-18(7-9-20(23)24(21)29)32-25(30)16(13-28)10-15-4-2-1-3-5-15/h1-12,14H/b16-10+. The zero-order valence-electron chi connectivity index (χ0n) is 16.3.